The second-order valence-corrected chi connectivity index (χ2v) is 17.6. The van der Waals surface area contributed by atoms with Crippen LogP contribution >= 0.6 is 0 Å². The van der Waals surface area contributed by atoms with E-state index in [2.05, 4.69) is 42.2 Å². The summed E-state index contributed by atoms with van der Waals surface area (Å²) in [5.74, 6) is -9.68. The quantitative estimate of drug-likeness (QED) is 0.0873. The van der Waals surface area contributed by atoms with Crippen molar-refractivity contribution in [3.05, 3.63) is 71.9 Å². The maximum atomic E-state index is 15.3. The number of nitrogens with two attached hydrogens (primary N) is 1. The Morgan fingerprint density at radius 3 is 2.09 bits per heavy atom. The molecule has 9 amide bonds. The summed E-state index contributed by atoms with van der Waals surface area (Å²) in [6.45, 7) is 2.84. The van der Waals surface area contributed by atoms with Gasteiger partial charge in [0.25, 0.3) is 0 Å². The first kappa shape index (κ1) is 50.5. The average Bonchev–Trinajstić information content (AvgIpc) is 3.70. The van der Waals surface area contributed by atoms with E-state index in [0.29, 0.717) is 26.9 Å². The molecule has 3 fully saturated rings. The molecule has 0 unspecified atom stereocenters. The number of aliphatic hydroxyl groups excluding tert-OH is 3. The lowest BCUT2D eigenvalue weighted by molar-refractivity contribution is -0.236. The molecule has 23 nitrogen and oxygen atoms in total. The average molecular weight is 947 g/mol. The maximum Gasteiger partial charge on any atom is 0.247 e. The predicted octanol–water partition coefficient (Wildman–Crippen LogP) is -4.03. The Bertz CT molecular complexity index is 2380. The number of fused-ring (bicyclic) bond motifs is 6. The molecule has 23 heteroatoms. The number of nitrogens with one attached hydrogen (secondary N) is 8. The predicted molar refractivity (Wildman–Crippen MR) is 239 cm³/mol. The van der Waals surface area contributed by atoms with Crippen LogP contribution in [-0.4, -0.2) is 158 Å². The van der Waals surface area contributed by atoms with E-state index in [4.69, 9.17) is 10.5 Å². The minimum absolute atomic E-state index is 0.109. The molecule has 2 aromatic carbocycles. The van der Waals surface area contributed by atoms with Crippen molar-refractivity contribution < 1.29 is 63.2 Å². The van der Waals surface area contributed by atoms with Crippen LogP contribution in [-0.2, 0) is 60.7 Å². The monoisotopic (exact) mass is 946 g/mol. The number of carbonyl (C=O) groups is 9. The lowest BCUT2D eigenvalue weighted by Gasteiger charge is -2.49. The molecule has 68 heavy (non-hydrogen) atoms. The van der Waals surface area contributed by atoms with E-state index in [1.165, 1.54) is 0 Å². The Balaban J connectivity index is 1.53. The highest BCUT2D eigenvalue weighted by atomic mass is 16.5. The summed E-state index contributed by atoms with van der Waals surface area (Å²) in [6.07, 6.45) is -8.27. The summed E-state index contributed by atoms with van der Waals surface area (Å²) in [7, 11) is 0. The van der Waals surface area contributed by atoms with Crippen molar-refractivity contribution in [3.8, 4) is 0 Å². The molecule has 3 aliphatic heterocycles. The topological polar surface area (TPSA) is 353 Å². The fourth-order valence-corrected chi connectivity index (χ4v) is 8.60. The van der Waals surface area contributed by atoms with E-state index in [9.17, 15) is 53.7 Å². The number of aliphatic hydroxyl groups is 3. The van der Waals surface area contributed by atoms with Crippen LogP contribution in [0.2, 0.25) is 0 Å². The van der Waals surface area contributed by atoms with Crippen LogP contribution in [0.4, 0.5) is 0 Å². The molecule has 0 saturated carbocycles. The fourth-order valence-electron chi connectivity index (χ4n) is 8.60. The number of para-hydroxylation sites is 1. The number of benzene rings is 2. The zero-order chi connectivity index (χ0) is 49.4. The van der Waals surface area contributed by atoms with Crippen LogP contribution in [0.1, 0.15) is 51.2 Å². The first-order chi connectivity index (χ1) is 32.3. The molecule has 1 aromatic heterocycles. The molecule has 0 spiro atoms. The van der Waals surface area contributed by atoms with E-state index < -0.39 is 152 Å². The third kappa shape index (κ3) is 12.1. The minimum Gasteiger partial charge on any atom is -0.394 e. The van der Waals surface area contributed by atoms with Crippen LogP contribution in [0.25, 0.3) is 10.9 Å². The van der Waals surface area contributed by atoms with Gasteiger partial charge in [-0.05, 0) is 29.5 Å². The highest BCUT2D eigenvalue weighted by Crippen LogP contribution is 2.28. The number of rotatable bonds is 11. The molecule has 2 bridgehead atoms. The van der Waals surface area contributed by atoms with E-state index in [1.54, 1.807) is 74.6 Å². The highest BCUT2D eigenvalue weighted by molar-refractivity contribution is 6.01. The zero-order valence-corrected chi connectivity index (χ0v) is 37.6. The van der Waals surface area contributed by atoms with Gasteiger partial charge in [0.1, 0.15) is 60.6 Å². The number of hydrogen-bond acceptors (Lipinski definition) is 13. The summed E-state index contributed by atoms with van der Waals surface area (Å²) in [5, 5.41) is 51.1. The van der Waals surface area contributed by atoms with Crippen LogP contribution < -0.4 is 43.0 Å². The third-order valence-electron chi connectivity index (χ3n) is 12.0. The first-order valence-corrected chi connectivity index (χ1v) is 22.2. The van der Waals surface area contributed by atoms with Gasteiger partial charge < -0.3 is 72.9 Å². The number of ether oxygens (including phenoxy) is 1. The van der Waals surface area contributed by atoms with Crippen LogP contribution in [0.3, 0.4) is 0 Å². The van der Waals surface area contributed by atoms with Gasteiger partial charge in [0.15, 0.2) is 6.23 Å². The Morgan fingerprint density at radius 1 is 0.794 bits per heavy atom. The lowest BCUT2D eigenvalue weighted by atomic mass is 9.92. The van der Waals surface area contributed by atoms with E-state index >= 15 is 4.79 Å². The molecule has 13 N–H and O–H groups in total. The van der Waals surface area contributed by atoms with Crippen molar-refractivity contribution in [1.29, 1.82) is 0 Å². The van der Waals surface area contributed by atoms with Crippen molar-refractivity contribution in [2.75, 3.05) is 13.2 Å². The van der Waals surface area contributed by atoms with Gasteiger partial charge in [-0.25, -0.2) is 0 Å². The number of aromatic nitrogens is 1. The smallest absolute Gasteiger partial charge is 0.247 e. The summed E-state index contributed by atoms with van der Waals surface area (Å²) in [5.41, 5.74) is 7.56. The molecule has 366 valence electrons. The second-order valence-electron chi connectivity index (χ2n) is 17.6. The largest absolute Gasteiger partial charge is 0.394 e. The van der Waals surface area contributed by atoms with Gasteiger partial charge in [0, 0.05) is 43.4 Å². The summed E-state index contributed by atoms with van der Waals surface area (Å²) < 4.78 is 5.98. The SMILES string of the molecule is CC(=O)N[C@@H]1[C@@H](O)[C@H](O)[C@@H](CO)O[C@H]1N1C(=O)[C@H](CC(C)C)NC(=O)[C@@H]2CNC(=O)C[C@H](NC(=O)[C@@H]1CC(N)=O)C(=O)N[C@@H](Cc1c[nH]c3ccccc13)C(=O)N[C@@H](Cc1ccccc1)C(=O)N2. The van der Waals surface area contributed by atoms with Crippen LogP contribution in [0.5, 0.6) is 0 Å². The molecule has 3 saturated heterocycles. The van der Waals surface area contributed by atoms with Crippen LogP contribution in [0, 0.1) is 5.92 Å². The number of nitrogens with zero attached hydrogens (tertiary/aromatic N) is 1. The van der Waals surface area contributed by atoms with Gasteiger partial charge in [-0.3, -0.25) is 43.2 Å². The van der Waals surface area contributed by atoms with Gasteiger partial charge in [-0.2, -0.15) is 0 Å². The van der Waals surface area contributed by atoms with Crippen molar-refractivity contribution in [2.24, 2.45) is 11.7 Å². The Kier molecular flexibility index (Phi) is 16.5. The molecule has 11 atom stereocenters. The Hall–Kier alpha value is -6.95. The fraction of sp³-hybridized carbons (Fsp3) is 0.489. The Morgan fingerprint density at radius 2 is 1.41 bits per heavy atom. The molecular formula is C45H58N10O13. The van der Waals surface area contributed by atoms with E-state index in [0.717, 1.165) is 6.92 Å². The standard InChI is InChI=1S/C45H58N10O13/c1-21(2)13-30-44(67)55(45-36(49-22(3)57)38(61)37(60)33(20-56)68-45)32(17-34(46)58)43(66)52-29-16-35(59)48-19-31(42(65)53-30)54-39(62)27(14-23-9-5-4-6-10-23)50-40(63)28(51-41(29)64)15-24-18-47-26-12-8-7-11-25(24)26/h4-12,18,21,27-33,36-38,45,47,56,60-61H,13-17,19-20H2,1-3H3,(H2,46,58)(H,48,59)(H,49,57)(H,50,63)(H,51,64)(H,52,66)(H,53,65)(H,54,62)/t27-,28-,29-,30-,31-,32-,33+,36+,37+,38+,45+/m0/s1. The lowest BCUT2D eigenvalue weighted by Crippen LogP contribution is -2.73. The molecule has 4 heterocycles. The van der Waals surface area contributed by atoms with Gasteiger partial charge in [0.05, 0.1) is 19.4 Å². The van der Waals surface area contributed by atoms with Crippen molar-refractivity contribution >= 4 is 64.1 Å². The highest BCUT2D eigenvalue weighted by Gasteiger charge is 2.52. The van der Waals surface area contributed by atoms with Crippen molar-refractivity contribution in [1.82, 2.24) is 47.1 Å². The normalized spacial score (nSPS) is 29.0. The van der Waals surface area contributed by atoms with Gasteiger partial charge in [0.2, 0.25) is 53.2 Å². The molecule has 0 aliphatic carbocycles. The van der Waals surface area contributed by atoms with Crippen molar-refractivity contribution in [3.63, 3.8) is 0 Å². The zero-order valence-electron chi connectivity index (χ0n) is 37.6. The Labute approximate surface area is 390 Å². The number of hydrogen-bond donors (Lipinski definition) is 12. The summed E-state index contributed by atoms with van der Waals surface area (Å²) in [6, 6.07) is 3.74. The summed E-state index contributed by atoms with van der Waals surface area (Å²) >= 11 is 0. The number of primary amides is 1. The van der Waals surface area contributed by atoms with Gasteiger partial charge >= 0.3 is 0 Å². The summed E-state index contributed by atoms with van der Waals surface area (Å²) in [4.78, 5) is 131. The number of carbonyl (C=O) groups excluding carboxylic acids is 9. The molecule has 3 aliphatic rings. The van der Waals surface area contributed by atoms with Gasteiger partial charge in [-0.15, -0.1) is 0 Å². The maximum absolute atomic E-state index is 15.3. The molecule has 6 rings (SSSR count). The van der Waals surface area contributed by atoms with Crippen LogP contribution in [0.15, 0.2) is 60.8 Å². The van der Waals surface area contributed by atoms with E-state index in [-0.39, 0.29) is 19.3 Å². The van der Waals surface area contributed by atoms with Crippen molar-refractivity contribution in [2.45, 2.75) is 120 Å². The number of amides is 9. The number of H-pyrrole nitrogens is 1. The molecular weight excluding hydrogens is 889 g/mol. The first-order valence-electron chi connectivity index (χ1n) is 22.2. The molecule has 0 radical (unpaired) electrons. The van der Waals surface area contributed by atoms with E-state index in [1.807, 2.05) is 0 Å². The number of aromatic amines is 1. The third-order valence-corrected chi connectivity index (χ3v) is 12.0. The van der Waals surface area contributed by atoms with Gasteiger partial charge in [-0.1, -0.05) is 62.4 Å². The molecule has 3 aromatic rings. The second kappa shape index (κ2) is 22.2. The minimum atomic E-state index is -2.12.